The predicted octanol–water partition coefficient (Wildman–Crippen LogP) is 4.10. The highest BCUT2D eigenvalue weighted by Gasteiger charge is 2.37. The van der Waals surface area contributed by atoms with E-state index in [0.717, 1.165) is 24.2 Å². The van der Waals surface area contributed by atoms with Crippen LogP contribution in [0.3, 0.4) is 0 Å². The van der Waals surface area contributed by atoms with Gasteiger partial charge in [-0.1, -0.05) is 36.4 Å². The van der Waals surface area contributed by atoms with Crippen LogP contribution in [0.25, 0.3) is 0 Å². The third kappa shape index (κ3) is 4.14. The highest BCUT2D eigenvalue weighted by Crippen LogP contribution is 2.33. The molecule has 0 spiro atoms. The molecular formula is C24H27NO4. The van der Waals surface area contributed by atoms with Crippen molar-refractivity contribution in [2.75, 3.05) is 13.7 Å². The largest absolute Gasteiger partial charge is 0.496 e. The number of carbonyl (C=O) groups excluding carboxylic acids is 2. The van der Waals surface area contributed by atoms with E-state index in [9.17, 15) is 9.59 Å². The van der Waals surface area contributed by atoms with Gasteiger partial charge in [-0.3, -0.25) is 4.79 Å². The Balaban J connectivity index is 1.45. The van der Waals surface area contributed by atoms with Crippen LogP contribution < -0.4 is 4.74 Å². The van der Waals surface area contributed by atoms with Crippen molar-refractivity contribution < 1.29 is 19.1 Å². The molecule has 152 valence electrons. The fourth-order valence-corrected chi connectivity index (χ4v) is 4.50. The van der Waals surface area contributed by atoms with E-state index in [0.29, 0.717) is 19.3 Å². The minimum Gasteiger partial charge on any atom is -0.496 e. The summed E-state index contributed by atoms with van der Waals surface area (Å²) in [5.41, 5.74) is 4.90. The summed E-state index contributed by atoms with van der Waals surface area (Å²) in [6.45, 7) is 0.261. The zero-order valence-electron chi connectivity index (χ0n) is 16.9. The molecule has 2 amide bonds. The second kappa shape index (κ2) is 8.68. The first-order chi connectivity index (χ1) is 14.2. The van der Waals surface area contributed by atoms with Crippen LogP contribution in [0.5, 0.6) is 5.75 Å². The monoisotopic (exact) mass is 393 g/mol. The summed E-state index contributed by atoms with van der Waals surface area (Å²) < 4.78 is 10.7. The molecule has 4 rings (SSSR count). The maximum absolute atomic E-state index is 12.9. The number of aryl methyl sites for hydroxylation is 1. The molecule has 0 radical (unpaired) electrons. The zero-order valence-corrected chi connectivity index (χ0v) is 16.9. The van der Waals surface area contributed by atoms with Gasteiger partial charge in [0, 0.05) is 6.42 Å². The molecule has 1 aliphatic heterocycles. The number of benzene rings is 2. The molecule has 1 fully saturated rings. The molecule has 0 N–H and O–H groups in total. The third-order valence-corrected chi connectivity index (χ3v) is 5.96. The Morgan fingerprint density at radius 3 is 2.62 bits per heavy atom. The van der Waals surface area contributed by atoms with E-state index in [2.05, 4.69) is 6.07 Å². The summed E-state index contributed by atoms with van der Waals surface area (Å²) in [6, 6.07) is 13.7. The predicted molar refractivity (Wildman–Crippen MR) is 110 cm³/mol. The summed E-state index contributed by atoms with van der Waals surface area (Å²) in [5.74, 6) is 0.787. The van der Waals surface area contributed by atoms with Crippen molar-refractivity contribution in [2.45, 2.75) is 51.0 Å². The number of carbonyl (C=O) groups is 2. The Hall–Kier alpha value is -2.82. The van der Waals surface area contributed by atoms with Crippen LogP contribution in [-0.4, -0.2) is 36.7 Å². The summed E-state index contributed by atoms with van der Waals surface area (Å²) in [7, 11) is 1.71. The normalized spacial score (nSPS) is 18.3. The Morgan fingerprint density at radius 1 is 1.10 bits per heavy atom. The lowest BCUT2D eigenvalue weighted by molar-refractivity contribution is -0.129. The van der Waals surface area contributed by atoms with Gasteiger partial charge in [-0.05, 0) is 66.8 Å². The lowest BCUT2D eigenvalue weighted by Crippen LogP contribution is -2.40. The molecule has 0 unspecified atom stereocenters. The van der Waals surface area contributed by atoms with E-state index >= 15 is 0 Å². The molecule has 2 aliphatic rings. The number of rotatable bonds is 6. The van der Waals surface area contributed by atoms with Crippen molar-refractivity contribution in [3.8, 4) is 5.75 Å². The van der Waals surface area contributed by atoms with Crippen molar-refractivity contribution in [3.05, 3.63) is 64.7 Å². The summed E-state index contributed by atoms with van der Waals surface area (Å²) in [6.07, 6.45) is 5.43. The quantitative estimate of drug-likeness (QED) is 0.742. The molecule has 5 nitrogen and oxygen atoms in total. The average molecular weight is 393 g/mol. The van der Waals surface area contributed by atoms with Crippen molar-refractivity contribution in [2.24, 2.45) is 0 Å². The number of methoxy groups -OCH3 is 1. The second-order valence-electron chi connectivity index (χ2n) is 7.78. The second-order valence-corrected chi connectivity index (χ2v) is 7.78. The van der Waals surface area contributed by atoms with E-state index in [1.165, 1.54) is 34.4 Å². The molecule has 5 heteroatoms. The maximum Gasteiger partial charge on any atom is 0.416 e. The number of amides is 2. The van der Waals surface area contributed by atoms with Crippen molar-refractivity contribution in [3.63, 3.8) is 0 Å². The van der Waals surface area contributed by atoms with Crippen LogP contribution in [0.1, 0.15) is 41.5 Å². The van der Waals surface area contributed by atoms with E-state index in [4.69, 9.17) is 9.47 Å². The Kier molecular flexibility index (Phi) is 5.84. The maximum atomic E-state index is 12.9. The van der Waals surface area contributed by atoms with Gasteiger partial charge in [-0.2, -0.15) is 0 Å². The van der Waals surface area contributed by atoms with Gasteiger partial charge >= 0.3 is 6.09 Å². The fourth-order valence-electron chi connectivity index (χ4n) is 4.50. The minimum absolute atomic E-state index is 0.159. The first kappa shape index (κ1) is 19.5. The van der Waals surface area contributed by atoms with Gasteiger partial charge in [-0.15, -0.1) is 0 Å². The first-order valence-corrected chi connectivity index (χ1v) is 10.4. The van der Waals surface area contributed by atoms with E-state index in [1.807, 2.05) is 36.4 Å². The zero-order chi connectivity index (χ0) is 20.2. The molecule has 1 atom stereocenters. The van der Waals surface area contributed by atoms with E-state index < -0.39 is 6.09 Å². The number of fused-ring (bicyclic) bond motifs is 1. The SMILES string of the molecule is COc1ccc(CCC(=O)N2C(=O)OC[C@H]2Cc2ccccc2)c2c1CCCC2. The van der Waals surface area contributed by atoms with Crippen molar-refractivity contribution >= 4 is 12.0 Å². The average Bonchev–Trinajstić information content (AvgIpc) is 3.12. The number of imide groups is 1. The number of cyclic esters (lactones) is 1. The highest BCUT2D eigenvalue weighted by molar-refractivity contribution is 5.93. The lowest BCUT2D eigenvalue weighted by Gasteiger charge is -2.23. The summed E-state index contributed by atoms with van der Waals surface area (Å²) >= 11 is 0. The third-order valence-electron chi connectivity index (χ3n) is 5.96. The molecule has 1 aliphatic carbocycles. The molecule has 0 saturated carbocycles. The molecule has 1 saturated heterocycles. The Bertz CT molecular complexity index is 893. The van der Waals surface area contributed by atoms with Crippen molar-refractivity contribution in [1.82, 2.24) is 4.90 Å². The Labute approximate surface area is 171 Å². The summed E-state index contributed by atoms with van der Waals surface area (Å²) in [5, 5.41) is 0. The molecule has 1 heterocycles. The molecule has 2 aromatic rings. The summed E-state index contributed by atoms with van der Waals surface area (Å²) in [4.78, 5) is 26.5. The fraction of sp³-hybridized carbons (Fsp3) is 0.417. The standard InChI is InChI=1S/C24H27NO4/c1-28-22-13-11-18(20-9-5-6-10-21(20)22)12-14-23(26)25-19(16-29-24(25)27)15-17-7-3-2-4-8-17/h2-4,7-8,11,13,19H,5-6,9-10,12,14-16H2,1H3/t19-/m1/s1. The molecule has 2 aromatic carbocycles. The smallest absolute Gasteiger partial charge is 0.416 e. The highest BCUT2D eigenvalue weighted by atomic mass is 16.6. The number of nitrogens with zero attached hydrogens (tertiary/aromatic N) is 1. The molecule has 0 aromatic heterocycles. The topological polar surface area (TPSA) is 55.8 Å². The molecular weight excluding hydrogens is 366 g/mol. The van der Waals surface area contributed by atoms with Crippen LogP contribution in [0.4, 0.5) is 4.79 Å². The van der Waals surface area contributed by atoms with E-state index in [1.54, 1.807) is 7.11 Å². The van der Waals surface area contributed by atoms with E-state index in [-0.39, 0.29) is 18.6 Å². The lowest BCUT2D eigenvalue weighted by atomic mass is 9.86. The van der Waals surface area contributed by atoms with Crippen LogP contribution in [0.15, 0.2) is 42.5 Å². The minimum atomic E-state index is -0.521. The van der Waals surface area contributed by atoms with Gasteiger partial charge in [0.05, 0.1) is 13.2 Å². The van der Waals surface area contributed by atoms with Gasteiger partial charge in [0.1, 0.15) is 12.4 Å². The van der Waals surface area contributed by atoms with Crippen LogP contribution in [0.2, 0.25) is 0 Å². The van der Waals surface area contributed by atoms with Gasteiger partial charge in [0.15, 0.2) is 0 Å². The molecule has 29 heavy (non-hydrogen) atoms. The van der Waals surface area contributed by atoms with Crippen LogP contribution >= 0.6 is 0 Å². The van der Waals surface area contributed by atoms with Crippen LogP contribution in [0, 0.1) is 0 Å². The Morgan fingerprint density at radius 2 is 1.86 bits per heavy atom. The van der Waals surface area contributed by atoms with Gasteiger partial charge in [0.2, 0.25) is 5.91 Å². The first-order valence-electron chi connectivity index (χ1n) is 10.4. The molecule has 0 bridgehead atoms. The van der Waals surface area contributed by atoms with Crippen molar-refractivity contribution in [1.29, 1.82) is 0 Å². The van der Waals surface area contributed by atoms with Gasteiger partial charge in [0.25, 0.3) is 0 Å². The number of ether oxygens (including phenoxy) is 2. The van der Waals surface area contributed by atoms with Gasteiger partial charge < -0.3 is 9.47 Å². The van der Waals surface area contributed by atoms with Gasteiger partial charge in [-0.25, -0.2) is 9.69 Å². The van der Waals surface area contributed by atoms with Crippen LogP contribution in [-0.2, 0) is 35.2 Å². The number of hydrogen-bond acceptors (Lipinski definition) is 4. The number of hydrogen-bond donors (Lipinski definition) is 0.